The van der Waals surface area contributed by atoms with Crippen molar-refractivity contribution in [2.24, 2.45) is 4.99 Å². The van der Waals surface area contributed by atoms with E-state index >= 15 is 0 Å². The normalized spacial score (nSPS) is 11.2. The van der Waals surface area contributed by atoms with E-state index in [9.17, 15) is 0 Å². The molecule has 0 aliphatic rings. The summed E-state index contributed by atoms with van der Waals surface area (Å²) in [6.45, 7) is 10.2. The van der Waals surface area contributed by atoms with E-state index in [1.54, 1.807) is 0 Å². The first-order valence-corrected chi connectivity index (χ1v) is 9.82. The monoisotopic (exact) mass is 488 g/mol. The molecule has 0 amide bonds. The Morgan fingerprint density at radius 2 is 1.88 bits per heavy atom. The molecule has 5 nitrogen and oxygen atoms in total. The second-order valence-electron chi connectivity index (χ2n) is 5.91. The number of nitrogens with zero attached hydrogens (tertiary/aromatic N) is 2. The van der Waals surface area contributed by atoms with Gasteiger partial charge in [-0.3, -0.25) is 0 Å². The Labute approximate surface area is 177 Å². The first-order valence-electron chi connectivity index (χ1n) is 8.67. The molecule has 1 aromatic heterocycles. The van der Waals surface area contributed by atoms with Gasteiger partial charge in [-0.15, -0.1) is 24.0 Å². The van der Waals surface area contributed by atoms with Gasteiger partial charge in [-0.25, -0.2) is 9.98 Å². The average molecular weight is 488 g/mol. The van der Waals surface area contributed by atoms with Gasteiger partial charge in [-0.2, -0.15) is 11.8 Å². The number of nitrogens with one attached hydrogen (secondary N) is 2. The maximum Gasteiger partial charge on any atom is 0.216 e. The summed E-state index contributed by atoms with van der Waals surface area (Å²) in [4.78, 5) is 8.89. The fourth-order valence-corrected chi connectivity index (χ4v) is 3.03. The van der Waals surface area contributed by atoms with Crippen LogP contribution in [-0.4, -0.2) is 29.8 Å². The third-order valence-corrected chi connectivity index (χ3v) is 4.75. The highest BCUT2D eigenvalue weighted by atomic mass is 127. The maximum absolute atomic E-state index is 5.57. The fraction of sp³-hybridized carbons (Fsp3) is 0.474. The number of rotatable bonds is 8. The van der Waals surface area contributed by atoms with Crippen LogP contribution >= 0.6 is 35.7 Å². The van der Waals surface area contributed by atoms with Crippen molar-refractivity contribution in [1.82, 2.24) is 15.6 Å². The third kappa shape index (κ3) is 7.99. The van der Waals surface area contributed by atoms with Crippen LogP contribution in [0.5, 0.6) is 0 Å². The zero-order valence-electron chi connectivity index (χ0n) is 16.0. The van der Waals surface area contributed by atoms with Crippen molar-refractivity contribution in [2.45, 2.75) is 40.0 Å². The topological polar surface area (TPSA) is 62.5 Å². The summed E-state index contributed by atoms with van der Waals surface area (Å²) in [6.07, 6.45) is 0. The summed E-state index contributed by atoms with van der Waals surface area (Å²) in [5.74, 6) is 4.36. The summed E-state index contributed by atoms with van der Waals surface area (Å²) >= 11 is 1.92. The van der Waals surface area contributed by atoms with Crippen LogP contribution in [-0.2, 0) is 12.3 Å². The van der Waals surface area contributed by atoms with Crippen molar-refractivity contribution in [1.29, 1.82) is 0 Å². The number of halogens is 1. The molecule has 0 radical (unpaired) electrons. The third-order valence-electron chi connectivity index (χ3n) is 3.72. The van der Waals surface area contributed by atoms with Gasteiger partial charge in [0, 0.05) is 24.6 Å². The van der Waals surface area contributed by atoms with Gasteiger partial charge in [-0.1, -0.05) is 29.8 Å². The highest BCUT2D eigenvalue weighted by Crippen LogP contribution is 2.12. The van der Waals surface area contributed by atoms with Crippen LogP contribution < -0.4 is 10.6 Å². The fourth-order valence-electron chi connectivity index (χ4n) is 2.21. The number of thioether (sulfide) groups is 1. The summed E-state index contributed by atoms with van der Waals surface area (Å²) < 4.78 is 5.57. The summed E-state index contributed by atoms with van der Waals surface area (Å²) in [6, 6.07) is 8.72. The van der Waals surface area contributed by atoms with E-state index in [4.69, 9.17) is 4.42 Å². The second kappa shape index (κ2) is 12.2. The van der Waals surface area contributed by atoms with Crippen molar-refractivity contribution in [2.75, 3.05) is 18.8 Å². The molecule has 26 heavy (non-hydrogen) atoms. The Hall–Kier alpha value is -1.22. The highest BCUT2D eigenvalue weighted by Gasteiger charge is 2.05. The first kappa shape index (κ1) is 22.8. The second-order valence-corrected chi connectivity index (χ2v) is 7.01. The van der Waals surface area contributed by atoms with Crippen LogP contribution in [0.15, 0.2) is 33.7 Å². The Morgan fingerprint density at radius 1 is 1.15 bits per heavy atom. The molecule has 1 heterocycles. The number of hydrogen-bond acceptors (Lipinski definition) is 4. The number of benzene rings is 1. The molecule has 2 N–H and O–H groups in total. The molecular weight excluding hydrogens is 459 g/mol. The first-order chi connectivity index (χ1) is 12.1. The quantitative estimate of drug-likeness (QED) is 0.252. The van der Waals surface area contributed by atoms with Crippen molar-refractivity contribution in [3.63, 3.8) is 0 Å². The maximum atomic E-state index is 5.57. The van der Waals surface area contributed by atoms with E-state index in [-0.39, 0.29) is 24.0 Å². The molecule has 2 rings (SSSR count). The molecule has 0 saturated heterocycles. The largest absolute Gasteiger partial charge is 0.444 e. The van der Waals surface area contributed by atoms with Crippen molar-refractivity contribution < 1.29 is 4.42 Å². The van der Waals surface area contributed by atoms with E-state index in [0.29, 0.717) is 12.4 Å². The Kier molecular flexibility index (Phi) is 10.7. The van der Waals surface area contributed by atoms with E-state index in [2.05, 4.69) is 58.7 Å². The molecule has 0 unspecified atom stereocenters. The number of hydrogen-bond donors (Lipinski definition) is 2. The standard InChI is InChI=1S/C19H28N4OS.HI/c1-5-20-19(22-12-18-23-15(3)16(4)24-18)21-10-11-25-13-17-8-6-14(2)7-9-17;/h6-9H,5,10-13H2,1-4H3,(H2,20,21,22);1H. The zero-order chi connectivity index (χ0) is 18.1. The molecule has 144 valence electrons. The average Bonchev–Trinajstić information content (AvgIpc) is 2.92. The number of oxazole rings is 1. The van der Waals surface area contributed by atoms with E-state index in [1.165, 1.54) is 11.1 Å². The minimum absolute atomic E-state index is 0. The van der Waals surface area contributed by atoms with Gasteiger partial charge in [-0.05, 0) is 33.3 Å². The van der Waals surface area contributed by atoms with Crippen molar-refractivity contribution in [3.8, 4) is 0 Å². The molecule has 0 bridgehead atoms. The minimum atomic E-state index is 0. The van der Waals surface area contributed by atoms with Gasteiger partial charge < -0.3 is 15.1 Å². The van der Waals surface area contributed by atoms with Gasteiger partial charge >= 0.3 is 0 Å². The van der Waals surface area contributed by atoms with Crippen LogP contribution in [0.25, 0.3) is 0 Å². The number of aliphatic imine (C=N–C) groups is 1. The van der Waals surface area contributed by atoms with Crippen molar-refractivity contribution in [3.05, 3.63) is 52.7 Å². The number of guanidine groups is 1. The zero-order valence-corrected chi connectivity index (χ0v) is 19.1. The number of aryl methyl sites for hydroxylation is 3. The Bertz CT molecular complexity index is 666. The number of aromatic nitrogens is 1. The van der Waals surface area contributed by atoms with E-state index < -0.39 is 0 Å². The van der Waals surface area contributed by atoms with Crippen LogP contribution in [0.4, 0.5) is 0 Å². The van der Waals surface area contributed by atoms with Gasteiger partial charge in [0.05, 0.1) is 5.69 Å². The molecular formula is C19H29IN4OS. The molecule has 0 atom stereocenters. The van der Waals surface area contributed by atoms with Gasteiger partial charge in [0.1, 0.15) is 12.3 Å². The predicted molar refractivity (Wildman–Crippen MR) is 122 cm³/mol. The smallest absolute Gasteiger partial charge is 0.216 e. The summed E-state index contributed by atoms with van der Waals surface area (Å²) in [7, 11) is 0. The lowest BCUT2D eigenvalue weighted by atomic mass is 10.2. The lowest BCUT2D eigenvalue weighted by Gasteiger charge is -2.10. The molecule has 0 spiro atoms. The molecule has 0 aliphatic carbocycles. The highest BCUT2D eigenvalue weighted by molar-refractivity contribution is 14.0. The van der Waals surface area contributed by atoms with E-state index in [0.717, 1.165) is 42.0 Å². The van der Waals surface area contributed by atoms with Gasteiger partial charge in [0.15, 0.2) is 5.96 Å². The predicted octanol–water partition coefficient (Wildman–Crippen LogP) is 4.21. The molecule has 1 aromatic carbocycles. The van der Waals surface area contributed by atoms with Crippen LogP contribution in [0.2, 0.25) is 0 Å². The molecule has 7 heteroatoms. The van der Waals surface area contributed by atoms with Gasteiger partial charge in [0.2, 0.25) is 5.89 Å². The molecule has 0 aliphatic heterocycles. The SMILES string of the molecule is CCNC(=NCc1nc(C)c(C)o1)NCCSCc1ccc(C)cc1.I. The lowest BCUT2D eigenvalue weighted by molar-refractivity contribution is 0.473. The summed E-state index contributed by atoms with van der Waals surface area (Å²) in [5, 5.41) is 6.61. The lowest BCUT2D eigenvalue weighted by Crippen LogP contribution is -2.38. The summed E-state index contributed by atoms with van der Waals surface area (Å²) in [5.41, 5.74) is 3.60. The molecule has 0 fully saturated rings. The van der Waals surface area contributed by atoms with E-state index in [1.807, 2.05) is 25.6 Å². The van der Waals surface area contributed by atoms with Crippen molar-refractivity contribution >= 4 is 41.7 Å². The van der Waals surface area contributed by atoms with Crippen LogP contribution in [0.1, 0.15) is 35.4 Å². The Balaban J connectivity index is 0.00000338. The minimum Gasteiger partial charge on any atom is -0.444 e. The van der Waals surface area contributed by atoms with Gasteiger partial charge in [0.25, 0.3) is 0 Å². The molecule has 0 saturated carbocycles. The molecule has 2 aromatic rings. The Morgan fingerprint density at radius 3 is 2.50 bits per heavy atom. The van der Waals surface area contributed by atoms with Crippen LogP contribution in [0.3, 0.4) is 0 Å². The van der Waals surface area contributed by atoms with Crippen LogP contribution in [0, 0.1) is 20.8 Å².